The molecule has 0 radical (unpaired) electrons. The number of benzene rings is 9. The van der Waals surface area contributed by atoms with Crippen molar-refractivity contribution in [1.29, 1.82) is 0 Å². The molecule has 0 atom stereocenters. The number of thioether (sulfide) groups is 1. The molecule has 5 amide bonds. The van der Waals surface area contributed by atoms with E-state index in [2.05, 4.69) is 127 Å². The molecule has 13 aromatic rings. The van der Waals surface area contributed by atoms with E-state index in [1.807, 2.05) is 113 Å². The molecule has 8 N–H and O–H groups in total. The van der Waals surface area contributed by atoms with E-state index in [4.69, 9.17) is 22.4 Å². The number of rotatable bonds is 24. The van der Waals surface area contributed by atoms with E-state index < -0.39 is 33.5 Å². The Hall–Kier alpha value is -15.2. The maximum Gasteiger partial charge on any atom is 0.304 e. The van der Waals surface area contributed by atoms with Crippen molar-refractivity contribution in [2.24, 2.45) is 0 Å². The summed E-state index contributed by atoms with van der Waals surface area (Å²) in [5.74, 6) is -0.907. The van der Waals surface area contributed by atoms with E-state index in [0.717, 1.165) is 132 Å². The van der Waals surface area contributed by atoms with Gasteiger partial charge in [-0.3, -0.25) is 68.9 Å². The molecule has 3 saturated heterocycles. The zero-order chi connectivity index (χ0) is 95.1. The number of nitrogen functional groups attached to an aromatic ring is 1. The maximum absolute atomic E-state index is 13.7. The van der Waals surface area contributed by atoms with Crippen molar-refractivity contribution in [3.8, 4) is 45.0 Å². The number of aliphatic carboxylic acids is 1. The number of aromatic nitrogens is 8. The Morgan fingerprint density at radius 2 is 0.731 bits per heavy atom. The summed E-state index contributed by atoms with van der Waals surface area (Å²) in [6.07, 6.45) is 22.8. The smallest absolute Gasteiger partial charge is 0.304 e. The van der Waals surface area contributed by atoms with E-state index in [9.17, 15) is 49.0 Å². The number of carboxylic acids is 1. The number of nitrogens with zero attached hydrogens (tertiary/aromatic N) is 13. The Kier molecular flexibility index (Phi) is 32.7. The monoisotopic (exact) mass is 1840 g/mol. The summed E-state index contributed by atoms with van der Waals surface area (Å²) in [7, 11) is 0. The number of nitro benzene ring substituents is 2. The summed E-state index contributed by atoms with van der Waals surface area (Å²) in [4.78, 5) is 139. The van der Waals surface area contributed by atoms with Crippen LogP contribution in [0.2, 0.25) is 5.02 Å². The van der Waals surface area contributed by atoms with Crippen molar-refractivity contribution in [1.82, 2.24) is 39.9 Å². The second-order valence-electron chi connectivity index (χ2n) is 33.0. The highest BCUT2D eigenvalue weighted by Gasteiger charge is 2.27. The quantitative estimate of drug-likeness (QED) is 0.0128. The second kappa shape index (κ2) is 45.5. The number of anilines is 9. The zero-order valence-corrected chi connectivity index (χ0v) is 77.3. The minimum atomic E-state index is -0.830. The molecule has 3 aliphatic rings. The fraction of sp³-hybridized carbons (Fsp3) is 0.255. The van der Waals surface area contributed by atoms with E-state index >= 15 is 0 Å². The van der Waals surface area contributed by atoms with Crippen LogP contribution in [-0.4, -0.2) is 135 Å². The largest absolute Gasteiger partial charge is 0.481 e. The molecule has 134 heavy (non-hydrogen) atoms. The van der Waals surface area contributed by atoms with Gasteiger partial charge in [-0.15, -0.1) is 0 Å². The maximum atomic E-state index is 13.7. The van der Waals surface area contributed by atoms with Gasteiger partial charge in [-0.25, -0.2) is 19.9 Å². The van der Waals surface area contributed by atoms with Crippen molar-refractivity contribution < 1.29 is 43.7 Å². The number of halogens is 1. The second-order valence-corrected chi connectivity index (χ2v) is 34.6. The van der Waals surface area contributed by atoms with Crippen molar-refractivity contribution >= 4 is 122 Å². The Bertz CT molecular complexity index is 6470. The summed E-state index contributed by atoms with van der Waals surface area (Å²) in [5, 5.41) is 45.5. The SMILES string of the molecule is Cc1ccc(-c2cnc(NC(=O)c3cc(Cl)ccc3[N+](=O)[O-])cn2)cc1C.Cc1ccc(-c2cnc(NC(=O)c3cc(N4CCCCC4)ccc3N)cn2)cc1C.Cc1ccc(-c2cnc(NC(=O)c3cc(N4CCCCC4)ccc3NC(=O)c3cccc(CSCCC(=O)O)c3)cn2)cc1C.Cc1ccc(-c2cnc(NC(=O)c3cc(N4CCCCC4)ccc3[N+](=O)[O-])cn2)cc1C. The van der Waals surface area contributed by atoms with Gasteiger partial charge in [0, 0.05) is 118 Å². The number of carbonyl (C=O) groups excluding carboxylic acids is 5. The lowest BCUT2D eigenvalue weighted by Gasteiger charge is -2.29. The molecule has 9 aromatic carbocycles. The molecule has 4 aromatic heterocycles. The van der Waals surface area contributed by atoms with Crippen molar-refractivity contribution in [2.75, 3.05) is 92.0 Å². The average molecular weight is 1840 g/mol. The highest BCUT2D eigenvalue weighted by molar-refractivity contribution is 7.98. The highest BCUT2D eigenvalue weighted by Crippen LogP contribution is 2.34. The van der Waals surface area contributed by atoms with Gasteiger partial charge < -0.3 is 52.1 Å². The lowest BCUT2D eigenvalue weighted by molar-refractivity contribution is -0.385. The molecule has 30 nitrogen and oxygen atoms in total. The van der Waals surface area contributed by atoms with Crippen LogP contribution in [0.5, 0.6) is 0 Å². The van der Waals surface area contributed by atoms with Gasteiger partial charge in [0.25, 0.3) is 40.9 Å². The van der Waals surface area contributed by atoms with Crippen LogP contribution in [0.15, 0.2) is 219 Å². The number of nitrogens with one attached hydrogen (secondary N) is 5. The standard InChI is InChI=1S/C35H37N5O4S.C24H25N5O3.C24H27N5O.C19H15ClN4O3/c1-23-9-10-26(17-24(23)2)31-20-37-32(21-36-31)39-35(44)29-19-28(40-14-4-3-5-15-40)11-12-30(29)38-34(43)27-8-6-7-25(18-27)22-45-16-13-33(41)42;1-16-6-7-18(12-17(16)2)21-14-26-23(15-25-21)27-24(30)20-13-19(8-9-22(20)29(31)32)28-10-4-3-5-11-28;1-16-6-7-18(12-17(16)2)22-14-27-23(15-26-22)28-24(30)20-13-19(8-9-21(20)25)29-10-4-3-5-11-29;1-11-3-4-13(7-12(11)2)16-9-22-18(10-21-16)23-19(25)15-8-14(20)5-6-17(15)24(26)27/h6-12,17-21H,3-5,13-16,22H2,1-2H3,(H,38,43)(H,41,42)(H,37,39,44);6-9,12-15H,3-5,10-11H2,1-2H3,(H,26,27,30);6-9,12-15H,3-5,10-11,25H2,1-2H3,(H,27,28,30);3-10H,1-2H3,(H,22,23,25). The van der Waals surface area contributed by atoms with Crippen molar-refractivity contribution in [2.45, 2.75) is 125 Å². The molecule has 3 aliphatic heterocycles. The van der Waals surface area contributed by atoms with Crippen molar-refractivity contribution in [3.63, 3.8) is 0 Å². The number of carboxylic acid groups (broad SMARTS) is 1. The number of aryl methyl sites for hydroxylation is 8. The van der Waals surface area contributed by atoms with Crippen LogP contribution in [0.1, 0.15) is 166 Å². The van der Waals surface area contributed by atoms with Gasteiger partial charge >= 0.3 is 5.97 Å². The zero-order valence-electron chi connectivity index (χ0n) is 75.7. The van der Waals surface area contributed by atoms with Crippen LogP contribution in [0.4, 0.5) is 63.1 Å². The Morgan fingerprint density at radius 3 is 1.10 bits per heavy atom. The van der Waals surface area contributed by atoms with Gasteiger partial charge in [-0.2, -0.15) is 11.8 Å². The number of carbonyl (C=O) groups is 6. The number of amides is 5. The fourth-order valence-electron chi connectivity index (χ4n) is 15.2. The number of hydrogen-bond acceptors (Lipinski definition) is 23. The molecule has 32 heteroatoms. The molecule has 0 unspecified atom stereocenters. The molecule has 16 rings (SSSR count). The van der Waals surface area contributed by atoms with Gasteiger partial charge in [0.05, 0.1) is 105 Å². The van der Waals surface area contributed by atoms with Crippen LogP contribution in [0, 0.1) is 75.6 Å². The van der Waals surface area contributed by atoms with Crippen molar-refractivity contribution in [3.05, 3.63) is 323 Å². The molecule has 0 spiro atoms. The number of nitrogens with two attached hydrogens (primary N) is 1. The summed E-state index contributed by atoms with van der Waals surface area (Å²) in [6.45, 7) is 22.0. The number of hydrogen-bond donors (Lipinski definition) is 7. The van der Waals surface area contributed by atoms with Crippen LogP contribution in [0.3, 0.4) is 0 Å². The van der Waals surface area contributed by atoms with Crippen LogP contribution >= 0.6 is 23.4 Å². The predicted octanol–water partition coefficient (Wildman–Crippen LogP) is 21.0. The molecule has 686 valence electrons. The van der Waals surface area contributed by atoms with Gasteiger partial charge in [-0.1, -0.05) is 72.3 Å². The van der Waals surface area contributed by atoms with E-state index in [1.54, 1.807) is 67.3 Å². The van der Waals surface area contributed by atoms with E-state index in [1.165, 1.54) is 121 Å². The van der Waals surface area contributed by atoms with Gasteiger partial charge in [0.2, 0.25) is 0 Å². The summed E-state index contributed by atoms with van der Waals surface area (Å²) < 4.78 is 0. The first kappa shape index (κ1) is 96.3. The molecule has 0 bridgehead atoms. The molecular weight excluding hydrogens is 1730 g/mol. The number of piperidine rings is 3. The van der Waals surface area contributed by atoms with Crippen LogP contribution in [0.25, 0.3) is 45.0 Å². The lowest BCUT2D eigenvalue weighted by atomic mass is 10.0. The summed E-state index contributed by atoms with van der Waals surface area (Å²) >= 11 is 7.35. The molecular formula is C102H104ClN19O11S. The normalized spacial score (nSPS) is 12.8. The van der Waals surface area contributed by atoms with Crippen LogP contribution < -0.4 is 47.0 Å². The molecule has 0 saturated carbocycles. The Labute approximate surface area is 785 Å². The molecule has 0 aliphatic carbocycles. The minimum Gasteiger partial charge on any atom is -0.481 e. The minimum absolute atomic E-state index is 0.0121. The van der Waals surface area contributed by atoms with Crippen LogP contribution in [-0.2, 0) is 10.5 Å². The highest BCUT2D eigenvalue weighted by atomic mass is 35.5. The lowest BCUT2D eigenvalue weighted by Crippen LogP contribution is -2.29. The van der Waals surface area contributed by atoms with E-state index in [-0.39, 0.29) is 57.4 Å². The fourth-order valence-corrected chi connectivity index (χ4v) is 16.2. The Balaban J connectivity index is 0.000000155. The first-order valence-electron chi connectivity index (χ1n) is 44.1. The summed E-state index contributed by atoms with van der Waals surface area (Å²) in [5.41, 5.74) is 27.2. The average Bonchev–Trinajstić information content (AvgIpc) is 0.819. The summed E-state index contributed by atoms with van der Waals surface area (Å²) in [6, 6.07) is 51.1. The first-order valence-corrected chi connectivity index (χ1v) is 45.6. The molecule has 7 heterocycles. The third-order valence-electron chi connectivity index (χ3n) is 23.5. The predicted molar refractivity (Wildman–Crippen MR) is 529 cm³/mol. The van der Waals surface area contributed by atoms with Gasteiger partial charge in [0.15, 0.2) is 23.3 Å². The van der Waals surface area contributed by atoms with Gasteiger partial charge in [-0.05, 0) is 260 Å². The third kappa shape index (κ3) is 25.9. The van der Waals surface area contributed by atoms with E-state index in [0.29, 0.717) is 68.3 Å². The third-order valence-corrected chi connectivity index (χ3v) is 24.7. The first-order chi connectivity index (χ1) is 64.5. The number of nitro groups is 2. The van der Waals surface area contributed by atoms with Gasteiger partial charge in [0.1, 0.15) is 11.1 Å². The Morgan fingerprint density at radius 1 is 0.381 bits per heavy atom. The topological polar surface area (TPSA) is 408 Å². The molecule has 3 fully saturated rings.